The third-order valence-electron chi connectivity index (χ3n) is 9.38. The average Bonchev–Trinajstić information content (AvgIpc) is 3.25. The summed E-state index contributed by atoms with van der Waals surface area (Å²) in [7, 11) is 3.10. The molecule has 5 rings (SSSR count). The Bertz CT molecular complexity index is 1230. The fraction of sp³-hybridized carbons (Fsp3) is 0.533. The summed E-state index contributed by atoms with van der Waals surface area (Å²) in [4.78, 5) is 24.4. The summed E-state index contributed by atoms with van der Waals surface area (Å²) < 4.78 is 16.9. The molecule has 8 heteroatoms. The Morgan fingerprint density at radius 2 is 1.92 bits per heavy atom. The zero-order valence-corrected chi connectivity index (χ0v) is 22.4. The van der Waals surface area contributed by atoms with Gasteiger partial charge in [-0.05, 0) is 97.1 Å². The van der Waals surface area contributed by atoms with Gasteiger partial charge in [0.2, 0.25) is 5.91 Å². The molecule has 3 aliphatic carbocycles. The van der Waals surface area contributed by atoms with Crippen LogP contribution in [0.2, 0.25) is 0 Å². The zero-order chi connectivity index (χ0) is 27.0. The van der Waals surface area contributed by atoms with Crippen LogP contribution in [0.15, 0.2) is 30.3 Å². The first-order valence-corrected chi connectivity index (χ1v) is 13.5. The largest absolute Gasteiger partial charge is 0.505 e. The smallest absolute Gasteiger partial charge is 0.256 e. The van der Waals surface area contributed by atoms with E-state index >= 15 is 0 Å². The van der Waals surface area contributed by atoms with E-state index in [1.807, 2.05) is 0 Å². The summed E-state index contributed by atoms with van der Waals surface area (Å²) in [6.45, 7) is 2.69. The Kier molecular flexibility index (Phi) is 7.27. The minimum Gasteiger partial charge on any atom is -0.505 e. The van der Waals surface area contributed by atoms with Crippen molar-refractivity contribution in [3.05, 3.63) is 47.0 Å². The van der Waals surface area contributed by atoms with Gasteiger partial charge in [-0.3, -0.25) is 9.59 Å². The van der Waals surface area contributed by atoms with Crippen LogP contribution in [0.4, 0.5) is 5.69 Å². The highest BCUT2D eigenvalue weighted by Gasteiger charge is 2.55. The van der Waals surface area contributed by atoms with Crippen molar-refractivity contribution >= 4 is 17.5 Å². The lowest BCUT2D eigenvalue weighted by Gasteiger charge is -2.50. The van der Waals surface area contributed by atoms with Crippen molar-refractivity contribution in [2.24, 2.45) is 23.0 Å². The molecule has 0 saturated heterocycles. The number of ether oxygens (including phenoxy) is 3. The zero-order valence-electron chi connectivity index (χ0n) is 22.4. The number of hydrogen-bond donors (Lipinski definition) is 3. The first kappa shape index (κ1) is 26.4. The van der Waals surface area contributed by atoms with Crippen molar-refractivity contribution in [3.63, 3.8) is 0 Å². The maximum atomic E-state index is 12.6. The van der Waals surface area contributed by atoms with Crippen LogP contribution in [0.1, 0.15) is 72.9 Å². The Hall–Kier alpha value is -3.26. The van der Waals surface area contributed by atoms with E-state index in [9.17, 15) is 14.7 Å². The van der Waals surface area contributed by atoms with Gasteiger partial charge in [-0.25, -0.2) is 0 Å². The minimum absolute atomic E-state index is 0.117. The lowest BCUT2D eigenvalue weighted by molar-refractivity contribution is -0.119. The quantitative estimate of drug-likeness (QED) is 0.429. The van der Waals surface area contributed by atoms with E-state index in [1.165, 1.54) is 36.8 Å². The number of aryl methyl sites for hydroxylation is 1. The van der Waals surface area contributed by atoms with Gasteiger partial charge in [-0.1, -0.05) is 13.0 Å². The van der Waals surface area contributed by atoms with Crippen LogP contribution in [0.5, 0.6) is 17.2 Å². The number of aromatic hydroxyl groups is 1. The number of amides is 2. The molecule has 204 valence electrons. The Labute approximate surface area is 223 Å². The molecule has 38 heavy (non-hydrogen) atoms. The predicted molar refractivity (Wildman–Crippen MR) is 144 cm³/mol. The Morgan fingerprint density at radius 1 is 1.11 bits per heavy atom. The van der Waals surface area contributed by atoms with Gasteiger partial charge in [0, 0.05) is 0 Å². The first-order chi connectivity index (χ1) is 18.3. The molecule has 0 aliphatic heterocycles. The lowest BCUT2D eigenvalue weighted by atomic mass is 9.55. The van der Waals surface area contributed by atoms with E-state index in [2.05, 4.69) is 30.4 Å². The molecule has 2 aromatic rings. The second-order valence-electron chi connectivity index (χ2n) is 11.2. The van der Waals surface area contributed by atoms with E-state index in [1.54, 1.807) is 7.11 Å². The van der Waals surface area contributed by atoms with E-state index in [-0.39, 0.29) is 40.8 Å². The number of fused-ring (bicyclic) bond motifs is 5. The van der Waals surface area contributed by atoms with Crippen molar-refractivity contribution in [2.45, 2.75) is 63.9 Å². The topological polar surface area (TPSA) is 120 Å². The van der Waals surface area contributed by atoms with Gasteiger partial charge in [0.1, 0.15) is 17.1 Å². The third-order valence-corrected chi connectivity index (χ3v) is 9.38. The molecule has 0 spiro atoms. The van der Waals surface area contributed by atoms with E-state index in [4.69, 9.17) is 19.9 Å². The van der Waals surface area contributed by atoms with Gasteiger partial charge in [0.15, 0.2) is 5.75 Å². The van der Waals surface area contributed by atoms with E-state index < -0.39 is 11.7 Å². The fourth-order valence-corrected chi connectivity index (χ4v) is 7.50. The van der Waals surface area contributed by atoms with Gasteiger partial charge in [0.05, 0.1) is 39.0 Å². The molecule has 0 aromatic heterocycles. The monoisotopic (exact) mass is 522 g/mol. The summed E-state index contributed by atoms with van der Waals surface area (Å²) in [6, 6.07) is 9.56. The van der Waals surface area contributed by atoms with Gasteiger partial charge in [-0.15, -0.1) is 0 Å². The Morgan fingerprint density at radius 3 is 2.66 bits per heavy atom. The number of hydrogen-bond acceptors (Lipinski definition) is 6. The molecule has 0 heterocycles. The number of carbonyl (C=O) groups is 2. The number of carbonyl (C=O) groups excluding carboxylic acids is 2. The number of primary amides is 1. The maximum absolute atomic E-state index is 12.6. The molecule has 8 nitrogen and oxygen atoms in total. The van der Waals surface area contributed by atoms with Gasteiger partial charge < -0.3 is 30.4 Å². The summed E-state index contributed by atoms with van der Waals surface area (Å²) >= 11 is 0. The van der Waals surface area contributed by atoms with Gasteiger partial charge in [-0.2, -0.15) is 0 Å². The van der Waals surface area contributed by atoms with Crippen molar-refractivity contribution < 1.29 is 28.9 Å². The molecule has 2 fully saturated rings. The second kappa shape index (κ2) is 10.5. The van der Waals surface area contributed by atoms with Gasteiger partial charge in [0.25, 0.3) is 5.91 Å². The Balaban J connectivity index is 1.19. The molecule has 5 unspecified atom stereocenters. The van der Waals surface area contributed by atoms with Crippen molar-refractivity contribution in [1.82, 2.24) is 0 Å². The van der Waals surface area contributed by atoms with Gasteiger partial charge >= 0.3 is 0 Å². The highest BCUT2D eigenvalue weighted by atomic mass is 16.5. The lowest BCUT2D eigenvalue weighted by Crippen LogP contribution is -2.44. The maximum Gasteiger partial charge on any atom is 0.256 e. The molecule has 2 saturated carbocycles. The molecule has 0 radical (unpaired) electrons. The number of rotatable bonds is 8. The highest BCUT2D eigenvalue weighted by Crippen LogP contribution is 2.61. The second-order valence-corrected chi connectivity index (χ2v) is 11.2. The van der Waals surface area contributed by atoms with E-state index in [0.717, 1.165) is 37.9 Å². The molecule has 2 aromatic carbocycles. The van der Waals surface area contributed by atoms with Crippen LogP contribution < -0.4 is 20.5 Å². The van der Waals surface area contributed by atoms with Crippen molar-refractivity contribution in [3.8, 4) is 17.2 Å². The van der Waals surface area contributed by atoms with Crippen LogP contribution in [-0.4, -0.2) is 43.9 Å². The molecule has 0 bridgehead atoms. The number of nitrogens with two attached hydrogens (primary N) is 1. The number of anilines is 1. The van der Waals surface area contributed by atoms with Crippen molar-refractivity contribution in [1.29, 1.82) is 0 Å². The summed E-state index contributed by atoms with van der Waals surface area (Å²) in [5.74, 6) is 1.45. The predicted octanol–water partition coefficient (Wildman–Crippen LogP) is 4.78. The van der Waals surface area contributed by atoms with Crippen LogP contribution in [0, 0.1) is 17.3 Å². The molecule has 5 atom stereocenters. The van der Waals surface area contributed by atoms with Crippen LogP contribution in [-0.2, 0) is 16.0 Å². The molecular weight excluding hydrogens is 484 g/mol. The number of phenols is 1. The average molecular weight is 523 g/mol. The normalized spacial score (nSPS) is 27.6. The summed E-state index contributed by atoms with van der Waals surface area (Å²) in [6.07, 6.45) is 7.05. The SMILES string of the molecule is COc1ccc2c(c1)CCC1C2CCC2(C)C(OCCC(=O)Nc3ccc(OC)c(C(N)=O)c3O)CCC12. The third kappa shape index (κ3) is 4.59. The summed E-state index contributed by atoms with van der Waals surface area (Å²) in [5.41, 5.74) is 8.39. The van der Waals surface area contributed by atoms with Crippen LogP contribution in [0.3, 0.4) is 0 Å². The molecule has 4 N–H and O–H groups in total. The highest BCUT2D eigenvalue weighted by molar-refractivity contribution is 6.02. The first-order valence-electron chi connectivity index (χ1n) is 13.5. The molecule has 2 amide bonds. The molecule has 3 aliphatic rings. The summed E-state index contributed by atoms with van der Waals surface area (Å²) in [5, 5.41) is 13.1. The minimum atomic E-state index is -0.835. The number of benzene rings is 2. The van der Waals surface area contributed by atoms with Crippen LogP contribution >= 0.6 is 0 Å². The van der Waals surface area contributed by atoms with Crippen molar-refractivity contribution in [2.75, 3.05) is 26.1 Å². The van der Waals surface area contributed by atoms with E-state index in [0.29, 0.717) is 24.4 Å². The van der Waals surface area contributed by atoms with Crippen LogP contribution in [0.25, 0.3) is 0 Å². The standard InChI is InChI=1S/C30H38N2O6/c1-30-14-12-20-19-7-5-18(36-2)16-17(19)4-6-21(20)22(30)8-11-25(30)38-15-13-26(33)32-23-9-10-24(37-3)27(28(23)34)29(31)35/h5,7,9-10,16,20-22,25,34H,4,6,8,11-15H2,1-3H3,(H2,31,35)(H,32,33). The fourth-order valence-electron chi connectivity index (χ4n) is 7.50. The number of methoxy groups -OCH3 is 2. The number of nitrogens with one attached hydrogen (secondary N) is 1. The molecular formula is C30H38N2O6.